The summed E-state index contributed by atoms with van der Waals surface area (Å²) < 4.78 is 3.80. The van der Waals surface area contributed by atoms with Gasteiger partial charge in [-0.25, -0.2) is 14.6 Å². The van der Waals surface area contributed by atoms with Crippen LogP contribution < -0.4 is 5.32 Å². The van der Waals surface area contributed by atoms with Gasteiger partial charge in [0.2, 0.25) is 5.91 Å². The van der Waals surface area contributed by atoms with Gasteiger partial charge in [-0.3, -0.25) is 4.79 Å². The molecular weight excluding hydrogens is 268 g/mol. The average molecular weight is 290 g/mol. The van der Waals surface area contributed by atoms with Crippen molar-refractivity contribution in [3.8, 4) is 0 Å². The van der Waals surface area contributed by atoms with Gasteiger partial charge in [-0.1, -0.05) is 6.92 Å². The molecule has 1 atom stereocenters. The fourth-order valence-electron chi connectivity index (χ4n) is 2.23. The fourth-order valence-corrected chi connectivity index (χ4v) is 2.23. The van der Waals surface area contributed by atoms with Crippen LogP contribution in [0.15, 0.2) is 18.7 Å². The van der Waals surface area contributed by atoms with Crippen LogP contribution in [0.4, 0.5) is 0 Å². The Bertz CT molecular complexity index is 588. The minimum Gasteiger partial charge on any atom is -0.346 e. The first-order valence-corrected chi connectivity index (χ1v) is 7.26. The Hall–Kier alpha value is -2.18. The fraction of sp³-hybridized carbons (Fsp3) is 0.571. The number of hydrogen-bond acceptors (Lipinski definition) is 4. The molecule has 0 unspecified atom stereocenters. The second-order valence-corrected chi connectivity index (χ2v) is 5.05. The molecule has 0 radical (unpaired) electrons. The highest BCUT2D eigenvalue weighted by molar-refractivity contribution is 5.76. The number of carbonyl (C=O) groups is 1. The summed E-state index contributed by atoms with van der Waals surface area (Å²) in [6.45, 7) is 7.38. The molecule has 0 spiro atoms. The molecule has 0 aromatic carbocycles. The SMILES string of the molecule is CCCn1ncnc1[C@@H](C)NC(=O)CCn1ccnc1C. The number of carbonyl (C=O) groups excluding carboxylic acids is 1. The summed E-state index contributed by atoms with van der Waals surface area (Å²) in [6.07, 6.45) is 6.55. The summed E-state index contributed by atoms with van der Waals surface area (Å²) in [5.74, 6) is 1.71. The van der Waals surface area contributed by atoms with Gasteiger partial charge in [-0.05, 0) is 20.3 Å². The van der Waals surface area contributed by atoms with Crippen molar-refractivity contribution in [3.05, 3.63) is 30.4 Å². The Balaban J connectivity index is 1.87. The third-order valence-corrected chi connectivity index (χ3v) is 3.35. The number of hydrogen-bond donors (Lipinski definition) is 1. The van der Waals surface area contributed by atoms with Crippen LogP contribution >= 0.6 is 0 Å². The van der Waals surface area contributed by atoms with E-state index >= 15 is 0 Å². The lowest BCUT2D eigenvalue weighted by Gasteiger charge is -2.14. The Labute approximate surface area is 124 Å². The lowest BCUT2D eigenvalue weighted by molar-refractivity contribution is -0.122. The number of imidazole rings is 1. The molecule has 2 aromatic rings. The van der Waals surface area contributed by atoms with Crippen LogP contribution in [-0.2, 0) is 17.9 Å². The predicted octanol–water partition coefficient (Wildman–Crippen LogP) is 1.46. The number of aromatic nitrogens is 5. The lowest BCUT2D eigenvalue weighted by Crippen LogP contribution is -2.29. The van der Waals surface area contributed by atoms with E-state index in [1.165, 1.54) is 6.33 Å². The van der Waals surface area contributed by atoms with Gasteiger partial charge in [0.05, 0.1) is 6.04 Å². The number of nitrogens with one attached hydrogen (secondary N) is 1. The minimum atomic E-state index is -0.143. The number of aryl methyl sites for hydroxylation is 3. The van der Waals surface area contributed by atoms with Crippen LogP contribution in [0.2, 0.25) is 0 Å². The second-order valence-electron chi connectivity index (χ2n) is 5.05. The molecule has 0 saturated carbocycles. The smallest absolute Gasteiger partial charge is 0.222 e. The van der Waals surface area contributed by atoms with E-state index in [4.69, 9.17) is 0 Å². The van der Waals surface area contributed by atoms with Crippen molar-refractivity contribution >= 4 is 5.91 Å². The molecule has 2 heterocycles. The van der Waals surface area contributed by atoms with Gasteiger partial charge in [0, 0.05) is 31.9 Å². The first kappa shape index (κ1) is 15.2. The number of nitrogens with zero attached hydrogens (tertiary/aromatic N) is 5. The molecule has 7 nitrogen and oxygen atoms in total. The summed E-state index contributed by atoms with van der Waals surface area (Å²) in [5, 5.41) is 7.14. The highest BCUT2D eigenvalue weighted by Gasteiger charge is 2.15. The first-order chi connectivity index (χ1) is 10.1. The number of amides is 1. The third-order valence-electron chi connectivity index (χ3n) is 3.35. The first-order valence-electron chi connectivity index (χ1n) is 7.26. The lowest BCUT2D eigenvalue weighted by atomic mass is 10.3. The molecule has 21 heavy (non-hydrogen) atoms. The van der Waals surface area contributed by atoms with Gasteiger partial charge in [-0.15, -0.1) is 0 Å². The van der Waals surface area contributed by atoms with Crippen molar-refractivity contribution in [2.45, 2.75) is 52.7 Å². The van der Waals surface area contributed by atoms with E-state index in [1.807, 2.05) is 29.3 Å². The quantitative estimate of drug-likeness (QED) is 0.837. The average Bonchev–Trinajstić information content (AvgIpc) is 3.06. The van der Waals surface area contributed by atoms with Gasteiger partial charge < -0.3 is 9.88 Å². The van der Waals surface area contributed by atoms with E-state index in [0.717, 1.165) is 24.6 Å². The molecule has 114 valence electrons. The second kappa shape index (κ2) is 7.01. The van der Waals surface area contributed by atoms with E-state index in [1.54, 1.807) is 6.20 Å². The summed E-state index contributed by atoms with van der Waals surface area (Å²) in [7, 11) is 0. The van der Waals surface area contributed by atoms with Crippen molar-refractivity contribution in [1.82, 2.24) is 29.6 Å². The summed E-state index contributed by atoms with van der Waals surface area (Å²) in [4.78, 5) is 20.4. The monoisotopic (exact) mass is 290 g/mol. The van der Waals surface area contributed by atoms with Crippen LogP contribution in [0, 0.1) is 6.92 Å². The Kier molecular flexibility index (Phi) is 5.08. The standard InChI is InChI=1S/C14H22N6O/c1-4-7-20-14(16-10-17-20)11(2)18-13(21)5-8-19-9-6-15-12(19)3/h6,9-11H,4-5,7-8H2,1-3H3,(H,18,21)/t11-/m1/s1. The maximum atomic E-state index is 12.0. The molecule has 1 amide bonds. The third kappa shape index (κ3) is 3.90. The minimum absolute atomic E-state index is 0.00153. The van der Waals surface area contributed by atoms with Gasteiger partial charge in [0.15, 0.2) is 0 Å². The maximum absolute atomic E-state index is 12.0. The van der Waals surface area contributed by atoms with Crippen molar-refractivity contribution in [1.29, 1.82) is 0 Å². The Morgan fingerprint density at radius 2 is 2.19 bits per heavy atom. The van der Waals surface area contributed by atoms with Crippen LogP contribution in [-0.4, -0.2) is 30.2 Å². The van der Waals surface area contributed by atoms with E-state index in [0.29, 0.717) is 13.0 Å². The van der Waals surface area contributed by atoms with Crippen molar-refractivity contribution in [3.63, 3.8) is 0 Å². The largest absolute Gasteiger partial charge is 0.346 e. The summed E-state index contributed by atoms with van der Waals surface area (Å²) in [5.41, 5.74) is 0. The Morgan fingerprint density at radius 1 is 1.38 bits per heavy atom. The topological polar surface area (TPSA) is 77.6 Å². The molecule has 7 heteroatoms. The zero-order chi connectivity index (χ0) is 15.2. The van der Waals surface area contributed by atoms with Crippen molar-refractivity contribution in [2.75, 3.05) is 0 Å². The van der Waals surface area contributed by atoms with Crippen molar-refractivity contribution in [2.24, 2.45) is 0 Å². The van der Waals surface area contributed by atoms with E-state index < -0.39 is 0 Å². The van der Waals surface area contributed by atoms with Gasteiger partial charge in [0.1, 0.15) is 18.0 Å². The predicted molar refractivity (Wildman–Crippen MR) is 78.5 cm³/mol. The molecule has 0 fully saturated rings. The normalized spacial score (nSPS) is 12.3. The van der Waals surface area contributed by atoms with Crippen LogP contribution in [0.3, 0.4) is 0 Å². The molecule has 1 N–H and O–H groups in total. The van der Waals surface area contributed by atoms with Gasteiger partial charge >= 0.3 is 0 Å². The molecule has 0 saturated heterocycles. The van der Waals surface area contributed by atoms with Crippen LogP contribution in [0.25, 0.3) is 0 Å². The van der Waals surface area contributed by atoms with E-state index in [9.17, 15) is 4.79 Å². The van der Waals surface area contributed by atoms with E-state index in [-0.39, 0.29) is 11.9 Å². The van der Waals surface area contributed by atoms with Gasteiger partial charge in [0.25, 0.3) is 0 Å². The highest BCUT2D eigenvalue weighted by Crippen LogP contribution is 2.09. The molecule has 0 aliphatic carbocycles. The van der Waals surface area contributed by atoms with Gasteiger partial charge in [-0.2, -0.15) is 5.10 Å². The summed E-state index contributed by atoms with van der Waals surface area (Å²) in [6, 6.07) is -0.143. The number of rotatable bonds is 7. The molecule has 0 bridgehead atoms. The van der Waals surface area contributed by atoms with Crippen LogP contribution in [0.1, 0.15) is 44.4 Å². The van der Waals surface area contributed by atoms with E-state index in [2.05, 4.69) is 27.3 Å². The zero-order valence-corrected chi connectivity index (χ0v) is 12.8. The molecule has 0 aliphatic heterocycles. The molecule has 2 aromatic heterocycles. The van der Waals surface area contributed by atoms with Crippen molar-refractivity contribution < 1.29 is 4.79 Å². The molecule has 0 aliphatic rings. The summed E-state index contributed by atoms with van der Waals surface area (Å²) >= 11 is 0. The highest BCUT2D eigenvalue weighted by atomic mass is 16.1. The Morgan fingerprint density at radius 3 is 2.86 bits per heavy atom. The van der Waals surface area contributed by atoms with Crippen LogP contribution in [0.5, 0.6) is 0 Å². The maximum Gasteiger partial charge on any atom is 0.222 e. The zero-order valence-electron chi connectivity index (χ0n) is 12.8. The molecular formula is C14H22N6O. The molecule has 2 rings (SSSR count).